The summed E-state index contributed by atoms with van der Waals surface area (Å²) in [6.07, 6.45) is 0. The highest BCUT2D eigenvalue weighted by Crippen LogP contribution is 2.25. The van der Waals surface area contributed by atoms with Crippen LogP contribution in [0, 0.1) is 24.1 Å². The molecular weight excluding hydrogens is 297 g/mol. The molecule has 3 N–H and O–H groups in total. The number of anilines is 2. The van der Waals surface area contributed by atoms with Gasteiger partial charge in [0.15, 0.2) is 10.7 Å². The molecule has 0 aliphatic rings. The number of aryl methyl sites for hydroxylation is 1. The number of sulfonamides is 1. The molecule has 2 aromatic rings. The maximum Gasteiger partial charge on any atom is 0.267 e. The van der Waals surface area contributed by atoms with Gasteiger partial charge < -0.3 is 5.73 Å². The Kier molecular flexibility index (Phi) is 3.57. The SMILES string of the molecule is Cc1c(S(=O)(=O)Nc2ccc(F)cc2C#N)c(N)nn1C. The molecule has 0 fully saturated rings. The molecule has 0 amide bonds. The lowest BCUT2D eigenvalue weighted by molar-refractivity contribution is 0.600. The quantitative estimate of drug-likeness (QED) is 0.882. The summed E-state index contributed by atoms with van der Waals surface area (Å²) >= 11 is 0. The number of aromatic nitrogens is 2. The van der Waals surface area contributed by atoms with E-state index in [0.717, 1.165) is 12.1 Å². The molecule has 1 heterocycles. The second-order valence-electron chi connectivity index (χ2n) is 4.33. The van der Waals surface area contributed by atoms with E-state index in [-0.39, 0.29) is 22.0 Å². The van der Waals surface area contributed by atoms with Crippen LogP contribution < -0.4 is 10.5 Å². The third kappa shape index (κ3) is 2.66. The normalized spacial score (nSPS) is 11.1. The zero-order chi connectivity index (χ0) is 15.8. The standard InChI is InChI=1S/C12H12FN5O2S/c1-7-11(12(15)16-18(7)2)21(19,20)17-10-4-3-9(13)5-8(10)6-14/h3-5,17H,1-2H3,(H2,15,16). The summed E-state index contributed by atoms with van der Waals surface area (Å²) < 4.78 is 41.3. The number of benzene rings is 1. The topological polar surface area (TPSA) is 114 Å². The first-order chi connectivity index (χ1) is 9.76. The molecule has 0 saturated heterocycles. The van der Waals surface area contributed by atoms with Crippen LogP contribution in [0.2, 0.25) is 0 Å². The van der Waals surface area contributed by atoms with E-state index < -0.39 is 15.8 Å². The fourth-order valence-corrected chi connectivity index (χ4v) is 3.25. The largest absolute Gasteiger partial charge is 0.381 e. The summed E-state index contributed by atoms with van der Waals surface area (Å²) in [5, 5.41) is 12.8. The molecule has 1 aromatic heterocycles. The van der Waals surface area contributed by atoms with Gasteiger partial charge in [-0.1, -0.05) is 0 Å². The van der Waals surface area contributed by atoms with Crippen molar-refractivity contribution >= 4 is 21.5 Å². The van der Waals surface area contributed by atoms with Gasteiger partial charge in [0.2, 0.25) is 0 Å². The van der Waals surface area contributed by atoms with Crippen molar-refractivity contribution in [1.82, 2.24) is 9.78 Å². The highest BCUT2D eigenvalue weighted by atomic mass is 32.2. The molecule has 0 atom stereocenters. The van der Waals surface area contributed by atoms with Crippen LogP contribution in [0.5, 0.6) is 0 Å². The van der Waals surface area contributed by atoms with Crippen molar-refractivity contribution in [2.75, 3.05) is 10.5 Å². The van der Waals surface area contributed by atoms with Gasteiger partial charge in [-0.3, -0.25) is 9.40 Å². The number of hydrogen-bond acceptors (Lipinski definition) is 5. The van der Waals surface area contributed by atoms with Gasteiger partial charge in [-0.05, 0) is 25.1 Å². The highest BCUT2D eigenvalue weighted by molar-refractivity contribution is 7.93. The molecule has 0 radical (unpaired) electrons. The van der Waals surface area contributed by atoms with Crippen molar-refractivity contribution < 1.29 is 12.8 Å². The second kappa shape index (κ2) is 5.06. The first-order valence-corrected chi connectivity index (χ1v) is 7.26. The lowest BCUT2D eigenvalue weighted by atomic mass is 10.2. The van der Waals surface area contributed by atoms with Crippen molar-refractivity contribution in [3.8, 4) is 6.07 Å². The summed E-state index contributed by atoms with van der Waals surface area (Å²) in [5.74, 6) is -0.783. The van der Waals surface area contributed by atoms with Crippen molar-refractivity contribution in [3.63, 3.8) is 0 Å². The molecule has 0 saturated carbocycles. The van der Waals surface area contributed by atoms with Crippen LogP contribution in [0.25, 0.3) is 0 Å². The highest BCUT2D eigenvalue weighted by Gasteiger charge is 2.25. The Morgan fingerprint density at radius 1 is 1.48 bits per heavy atom. The monoisotopic (exact) mass is 309 g/mol. The van der Waals surface area contributed by atoms with Gasteiger partial charge in [0.1, 0.15) is 11.9 Å². The van der Waals surface area contributed by atoms with Crippen LogP contribution >= 0.6 is 0 Å². The maximum atomic E-state index is 13.1. The minimum Gasteiger partial charge on any atom is -0.381 e. The van der Waals surface area contributed by atoms with Crippen molar-refractivity contribution in [1.29, 1.82) is 5.26 Å². The second-order valence-corrected chi connectivity index (χ2v) is 5.95. The molecule has 0 aliphatic carbocycles. The van der Waals surface area contributed by atoms with E-state index in [0.29, 0.717) is 5.69 Å². The van der Waals surface area contributed by atoms with Crippen LogP contribution in [0.15, 0.2) is 23.1 Å². The van der Waals surface area contributed by atoms with E-state index in [1.165, 1.54) is 10.7 Å². The summed E-state index contributed by atoms with van der Waals surface area (Å²) in [4.78, 5) is -0.168. The van der Waals surface area contributed by atoms with Gasteiger partial charge in [0.05, 0.1) is 16.9 Å². The lowest BCUT2D eigenvalue weighted by Crippen LogP contribution is -2.16. The molecule has 9 heteroatoms. The van der Waals surface area contributed by atoms with Gasteiger partial charge in [-0.2, -0.15) is 10.4 Å². The number of nitrogens with zero attached hydrogens (tertiary/aromatic N) is 3. The molecule has 21 heavy (non-hydrogen) atoms. The Labute approximate surface area is 120 Å². The van der Waals surface area contributed by atoms with Crippen molar-refractivity contribution in [2.45, 2.75) is 11.8 Å². The van der Waals surface area contributed by atoms with Gasteiger partial charge in [0.25, 0.3) is 10.0 Å². The van der Waals surface area contributed by atoms with Gasteiger partial charge in [0, 0.05) is 7.05 Å². The lowest BCUT2D eigenvalue weighted by Gasteiger charge is -2.09. The summed E-state index contributed by atoms with van der Waals surface area (Å²) in [6.45, 7) is 1.55. The molecule has 0 bridgehead atoms. The third-order valence-corrected chi connectivity index (χ3v) is 4.45. The Balaban J connectivity index is 2.50. The number of rotatable bonds is 3. The molecule has 0 spiro atoms. The van der Waals surface area contributed by atoms with Gasteiger partial charge >= 0.3 is 0 Å². The van der Waals surface area contributed by atoms with Crippen LogP contribution in [0.1, 0.15) is 11.3 Å². The number of nitrogens with one attached hydrogen (secondary N) is 1. The molecule has 0 aliphatic heterocycles. The smallest absolute Gasteiger partial charge is 0.267 e. The predicted octanol–water partition coefficient (Wildman–Crippen LogP) is 1.12. The molecule has 1 aromatic carbocycles. The number of nitriles is 1. The van der Waals surface area contributed by atoms with Crippen molar-refractivity contribution in [3.05, 3.63) is 35.3 Å². The fourth-order valence-electron chi connectivity index (χ4n) is 1.84. The van der Waals surface area contributed by atoms with E-state index >= 15 is 0 Å². The zero-order valence-corrected chi connectivity index (χ0v) is 12.1. The van der Waals surface area contributed by atoms with Crippen LogP contribution in [0.3, 0.4) is 0 Å². The van der Waals surface area contributed by atoms with Crippen LogP contribution in [-0.4, -0.2) is 18.2 Å². The van der Waals surface area contributed by atoms with Gasteiger partial charge in [-0.15, -0.1) is 0 Å². The number of nitrogens with two attached hydrogens (primary N) is 1. The first kappa shape index (κ1) is 14.8. The number of nitrogen functional groups attached to an aromatic ring is 1. The number of hydrogen-bond donors (Lipinski definition) is 2. The van der Waals surface area contributed by atoms with E-state index in [2.05, 4.69) is 9.82 Å². The predicted molar refractivity (Wildman–Crippen MR) is 74.3 cm³/mol. The van der Waals surface area contributed by atoms with Gasteiger partial charge in [-0.25, -0.2) is 12.8 Å². The van der Waals surface area contributed by atoms with Crippen molar-refractivity contribution in [2.24, 2.45) is 7.05 Å². The molecule has 2 rings (SSSR count). The Hall–Kier alpha value is -2.60. The first-order valence-electron chi connectivity index (χ1n) is 5.78. The summed E-state index contributed by atoms with van der Waals surface area (Å²) in [6, 6.07) is 4.90. The molecule has 7 nitrogen and oxygen atoms in total. The maximum absolute atomic E-state index is 13.1. The van der Waals surface area contributed by atoms with E-state index in [1.54, 1.807) is 20.0 Å². The Morgan fingerprint density at radius 2 is 2.14 bits per heavy atom. The fraction of sp³-hybridized carbons (Fsp3) is 0.167. The minimum atomic E-state index is -4.03. The van der Waals surface area contributed by atoms with E-state index in [9.17, 15) is 12.8 Å². The number of halogens is 1. The molecule has 110 valence electrons. The summed E-state index contributed by atoms with van der Waals surface area (Å²) in [7, 11) is -2.47. The Morgan fingerprint density at radius 3 is 2.67 bits per heavy atom. The van der Waals surface area contributed by atoms with E-state index in [4.69, 9.17) is 11.0 Å². The molecule has 0 unspecified atom stereocenters. The average Bonchev–Trinajstić information content (AvgIpc) is 2.65. The third-order valence-electron chi connectivity index (χ3n) is 2.92. The van der Waals surface area contributed by atoms with Crippen LogP contribution in [-0.2, 0) is 17.1 Å². The average molecular weight is 309 g/mol. The summed E-state index contributed by atoms with van der Waals surface area (Å²) in [5.41, 5.74) is 5.80. The van der Waals surface area contributed by atoms with E-state index in [1.807, 2.05) is 0 Å². The van der Waals surface area contributed by atoms with Crippen LogP contribution in [0.4, 0.5) is 15.9 Å². The molecular formula is C12H12FN5O2S. The Bertz CT molecular complexity index is 851. The minimum absolute atomic E-state index is 0.0263. The zero-order valence-electron chi connectivity index (χ0n) is 11.3.